The molecule has 0 heterocycles. The van der Waals surface area contributed by atoms with Crippen LogP contribution in [0.5, 0.6) is 0 Å². The molecule has 1 aromatic rings. The highest BCUT2D eigenvalue weighted by atomic mass is 16.5. The lowest BCUT2D eigenvalue weighted by Crippen LogP contribution is -2.51. The fraction of sp³-hybridized carbons (Fsp3) is 0.591. The summed E-state index contributed by atoms with van der Waals surface area (Å²) in [4.78, 5) is 36.9. The van der Waals surface area contributed by atoms with Gasteiger partial charge in [-0.25, -0.2) is 4.79 Å². The second kappa shape index (κ2) is 7.22. The summed E-state index contributed by atoms with van der Waals surface area (Å²) < 4.78 is 5.35. The first-order valence-corrected chi connectivity index (χ1v) is 10.2. The van der Waals surface area contributed by atoms with E-state index in [-0.39, 0.29) is 5.97 Å². The Labute approximate surface area is 165 Å². The first-order chi connectivity index (χ1) is 13.3. The average molecular weight is 384 g/mol. The van der Waals surface area contributed by atoms with Crippen molar-refractivity contribution in [3.05, 3.63) is 29.3 Å². The lowest BCUT2D eigenvalue weighted by atomic mass is 9.49. The number of hydrogen-bond acceptors (Lipinski definition) is 4. The van der Waals surface area contributed by atoms with Crippen LogP contribution in [0.2, 0.25) is 0 Å². The third-order valence-corrected chi connectivity index (χ3v) is 6.69. The number of imide groups is 1. The predicted octanol–water partition coefficient (Wildman–Crippen LogP) is 3.71. The van der Waals surface area contributed by atoms with E-state index >= 15 is 0 Å². The molecule has 6 heteroatoms. The van der Waals surface area contributed by atoms with Crippen molar-refractivity contribution in [2.75, 3.05) is 11.9 Å². The van der Waals surface area contributed by atoms with Gasteiger partial charge in [-0.15, -0.1) is 0 Å². The molecule has 3 amide bonds. The van der Waals surface area contributed by atoms with Gasteiger partial charge < -0.3 is 10.1 Å². The minimum atomic E-state index is -0.622. The molecule has 0 radical (unpaired) electrons. The van der Waals surface area contributed by atoms with Gasteiger partial charge in [-0.05, 0) is 81.8 Å². The molecule has 0 spiro atoms. The normalized spacial score (nSPS) is 30.0. The number of hydrogen-bond donors (Lipinski definition) is 2. The molecule has 0 atom stereocenters. The van der Waals surface area contributed by atoms with Gasteiger partial charge >= 0.3 is 12.0 Å². The molecule has 4 aliphatic rings. The van der Waals surface area contributed by atoms with E-state index in [2.05, 4.69) is 10.6 Å². The van der Waals surface area contributed by atoms with Crippen molar-refractivity contribution in [3.8, 4) is 0 Å². The van der Waals surface area contributed by atoms with Gasteiger partial charge in [0.05, 0.1) is 5.41 Å². The number of nitrogens with one attached hydrogen (secondary N) is 2. The minimum Gasteiger partial charge on any atom is -0.455 e. The van der Waals surface area contributed by atoms with E-state index in [0.717, 1.165) is 30.4 Å². The molecule has 1 aromatic carbocycles. The number of aryl methyl sites for hydroxylation is 2. The second-order valence-electron chi connectivity index (χ2n) is 9.09. The van der Waals surface area contributed by atoms with Gasteiger partial charge in [-0.1, -0.05) is 17.7 Å². The lowest BCUT2D eigenvalue weighted by molar-refractivity contribution is -0.173. The SMILES string of the molecule is Cc1ccc(NC(=O)NC(=O)COC(=O)C23CC4CC(CC(C4)C2)C3)c(C)c1. The molecule has 150 valence electrons. The maximum atomic E-state index is 12.8. The van der Waals surface area contributed by atoms with Crippen molar-refractivity contribution in [2.45, 2.75) is 52.4 Å². The average Bonchev–Trinajstić information content (AvgIpc) is 2.61. The Kier molecular flexibility index (Phi) is 4.89. The molecule has 2 N–H and O–H groups in total. The summed E-state index contributed by atoms with van der Waals surface area (Å²) in [7, 11) is 0. The Balaban J connectivity index is 1.27. The van der Waals surface area contributed by atoms with E-state index in [1.54, 1.807) is 6.07 Å². The largest absolute Gasteiger partial charge is 0.455 e. The first kappa shape index (κ1) is 19.0. The van der Waals surface area contributed by atoms with E-state index in [1.807, 2.05) is 26.0 Å². The van der Waals surface area contributed by atoms with Crippen LogP contribution in [0.3, 0.4) is 0 Å². The Bertz CT molecular complexity index is 781. The molecule has 28 heavy (non-hydrogen) atoms. The molecule has 5 rings (SSSR count). The van der Waals surface area contributed by atoms with Crippen LogP contribution in [0.4, 0.5) is 10.5 Å². The smallest absolute Gasteiger partial charge is 0.325 e. The summed E-state index contributed by atoms with van der Waals surface area (Å²) in [5.41, 5.74) is 2.25. The van der Waals surface area contributed by atoms with E-state index in [1.165, 1.54) is 19.3 Å². The standard InChI is InChI=1S/C22H28N2O4/c1-13-3-4-18(14(2)5-13)23-21(27)24-19(25)12-28-20(26)22-9-15-6-16(10-22)8-17(7-15)11-22/h3-5,15-17H,6-12H2,1-2H3,(H2,23,24,25,27). The number of rotatable bonds is 4. The maximum Gasteiger partial charge on any atom is 0.325 e. The molecular weight excluding hydrogens is 356 g/mol. The van der Waals surface area contributed by atoms with Gasteiger partial charge in [0.25, 0.3) is 5.91 Å². The summed E-state index contributed by atoms with van der Waals surface area (Å²) in [6.07, 6.45) is 6.41. The van der Waals surface area contributed by atoms with Crippen LogP contribution in [0.25, 0.3) is 0 Å². The molecule has 4 saturated carbocycles. The van der Waals surface area contributed by atoms with Gasteiger partial charge in [-0.2, -0.15) is 0 Å². The predicted molar refractivity (Wildman–Crippen MR) is 105 cm³/mol. The lowest BCUT2D eigenvalue weighted by Gasteiger charge is -2.55. The Morgan fingerprint density at radius 2 is 1.64 bits per heavy atom. The van der Waals surface area contributed by atoms with Crippen LogP contribution in [0, 0.1) is 37.0 Å². The third kappa shape index (κ3) is 3.77. The number of benzene rings is 1. The monoisotopic (exact) mass is 384 g/mol. The van der Waals surface area contributed by atoms with E-state index in [9.17, 15) is 14.4 Å². The quantitative estimate of drug-likeness (QED) is 0.775. The number of carbonyl (C=O) groups excluding carboxylic acids is 3. The summed E-state index contributed by atoms with van der Waals surface area (Å²) >= 11 is 0. The van der Waals surface area contributed by atoms with Gasteiger partial charge in [0.1, 0.15) is 0 Å². The van der Waals surface area contributed by atoms with E-state index in [4.69, 9.17) is 4.74 Å². The number of amides is 3. The van der Waals surface area contributed by atoms with Gasteiger partial charge in [0.2, 0.25) is 0 Å². The van der Waals surface area contributed by atoms with E-state index < -0.39 is 24.0 Å². The summed E-state index contributed by atoms with van der Waals surface area (Å²) in [5, 5.41) is 4.89. The van der Waals surface area contributed by atoms with Crippen molar-refractivity contribution in [3.63, 3.8) is 0 Å². The number of anilines is 1. The number of esters is 1. The fourth-order valence-corrected chi connectivity index (χ4v) is 5.91. The van der Waals surface area contributed by atoms with Crippen molar-refractivity contribution in [1.29, 1.82) is 0 Å². The van der Waals surface area contributed by atoms with Gasteiger partial charge in [0.15, 0.2) is 6.61 Å². The molecule has 4 bridgehead atoms. The number of urea groups is 1. The zero-order chi connectivity index (χ0) is 19.9. The van der Waals surface area contributed by atoms with Crippen molar-refractivity contribution in [2.24, 2.45) is 23.2 Å². The summed E-state index contributed by atoms with van der Waals surface area (Å²) in [6, 6.07) is 5.01. The maximum absolute atomic E-state index is 12.8. The zero-order valence-electron chi connectivity index (χ0n) is 16.5. The Morgan fingerprint density at radius 1 is 1.04 bits per heavy atom. The summed E-state index contributed by atoms with van der Waals surface area (Å²) in [6.45, 7) is 3.44. The molecule has 0 aliphatic heterocycles. The zero-order valence-corrected chi connectivity index (χ0v) is 16.5. The first-order valence-electron chi connectivity index (χ1n) is 10.2. The Morgan fingerprint density at radius 3 is 2.21 bits per heavy atom. The highest BCUT2D eigenvalue weighted by Gasteiger charge is 2.55. The minimum absolute atomic E-state index is 0.253. The Hall–Kier alpha value is -2.37. The van der Waals surface area contributed by atoms with Crippen LogP contribution in [-0.2, 0) is 14.3 Å². The van der Waals surface area contributed by atoms with Crippen LogP contribution < -0.4 is 10.6 Å². The molecular formula is C22H28N2O4. The molecule has 0 aromatic heterocycles. The van der Waals surface area contributed by atoms with Crippen molar-refractivity contribution >= 4 is 23.6 Å². The van der Waals surface area contributed by atoms with Crippen LogP contribution >= 0.6 is 0 Å². The van der Waals surface area contributed by atoms with Crippen LogP contribution in [0.15, 0.2) is 18.2 Å². The third-order valence-electron chi connectivity index (χ3n) is 6.69. The highest BCUT2D eigenvalue weighted by molar-refractivity contribution is 6.02. The van der Waals surface area contributed by atoms with Crippen molar-refractivity contribution in [1.82, 2.24) is 5.32 Å². The molecule has 4 aliphatic carbocycles. The van der Waals surface area contributed by atoms with Gasteiger partial charge in [-0.3, -0.25) is 14.9 Å². The van der Waals surface area contributed by atoms with E-state index in [0.29, 0.717) is 23.4 Å². The molecule has 6 nitrogen and oxygen atoms in total. The number of carbonyl (C=O) groups is 3. The number of ether oxygens (including phenoxy) is 1. The fourth-order valence-electron chi connectivity index (χ4n) is 5.91. The van der Waals surface area contributed by atoms with Crippen molar-refractivity contribution < 1.29 is 19.1 Å². The second-order valence-corrected chi connectivity index (χ2v) is 9.09. The topological polar surface area (TPSA) is 84.5 Å². The van der Waals surface area contributed by atoms with Crippen LogP contribution in [-0.4, -0.2) is 24.5 Å². The van der Waals surface area contributed by atoms with Gasteiger partial charge in [0, 0.05) is 5.69 Å². The molecule has 4 fully saturated rings. The molecule has 0 saturated heterocycles. The molecule has 0 unspecified atom stereocenters. The van der Waals surface area contributed by atoms with Crippen LogP contribution in [0.1, 0.15) is 49.7 Å². The summed E-state index contributed by atoms with van der Waals surface area (Å²) in [5.74, 6) is 1.04. The highest BCUT2D eigenvalue weighted by Crippen LogP contribution is 2.60.